The molecule has 0 aromatic heterocycles. The standard InChI is InChI=1S/C21H27N3O3/c1-3-24(4-2)21(26)15-27-18-10-7-9-17(14-18)23-20(25)13-12-16-8-5-6-11-19(16)22/h5-11,14H,3-4,12-13,15,22H2,1-2H3,(H,23,25). The Labute approximate surface area is 160 Å². The van der Waals surface area contributed by atoms with Crippen LogP contribution in [0.1, 0.15) is 25.8 Å². The van der Waals surface area contributed by atoms with E-state index in [0.29, 0.717) is 43.1 Å². The van der Waals surface area contributed by atoms with Gasteiger partial charge in [-0.3, -0.25) is 9.59 Å². The number of ether oxygens (including phenoxy) is 1. The van der Waals surface area contributed by atoms with Gasteiger partial charge >= 0.3 is 0 Å². The van der Waals surface area contributed by atoms with Gasteiger partial charge in [-0.2, -0.15) is 0 Å². The molecule has 144 valence electrons. The number of rotatable bonds is 9. The summed E-state index contributed by atoms with van der Waals surface area (Å²) in [6.07, 6.45) is 0.910. The molecule has 0 unspecified atom stereocenters. The maximum Gasteiger partial charge on any atom is 0.260 e. The molecule has 0 aliphatic rings. The third-order valence-electron chi connectivity index (χ3n) is 4.27. The normalized spacial score (nSPS) is 10.3. The van der Waals surface area contributed by atoms with Crippen LogP contribution in [0.15, 0.2) is 48.5 Å². The van der Waals surface area contributed by atoms with Gasteiger partial charge in [-0.15, -0.1) is 0 Å². The Morgan fingerprint density at radius 1 is 1.07 bits per heavy atom. The van der Waals surface area contributed by atoms with E-state index < -0.39 is 0 Å². The molecule has 0 atom stereocenters. The van der Waals surface area contributed by atoms with Gasteiger partial charge in [0.25, 0.3) is 5.91 Å². The predicted molar refractivity (Wildman–Crippen MR) is 108 cm³/mol. The van der Waals surface area contributed by atoms with E-state index in [1.807, 2.05) is 38.1 Å². The lowest BCUT2D eigenvalue weighted by atomic mass is 10.1. The molecule has 27 heavy (non-hydrogen) atoms. The van der Waals surface area contributed by atoms with E-state index in [4.69, 9.17) is 10.5 Å². The van der Waals surface area contributed by atoms with Crippen LogP contribution in [0.4, 0.5) is 11.4 Å². The molecular formula is C21H27N3O3. The third kappa shape index (κ3) is 6.33. The second-order valence-corrected chi connectivity index (χ2v) is 6.13. The summed E-state index contributed by atoms with van der Waals surface area (Å²) in [6.45, 7) is 5.15. The van der Waals surface area contributed by atoms with E-state index in [2.05, 4.69) is 5.32 Å². The number of hydrogen-bond acceptors (Lipinski definition) is 4. The second kappa shape index (κ2) is 10.2. The van der Waals surface area contributed by atoms with E-state index in [1.54, 1.807) is 29.2 Å². The first-order valence-corrected chi connectivity index (χ1v) is 9.17. The van der Waals surface area contributed by atoms with Crippen LogP contribution in [0, 0.1) is 0 Å². The summed E-state index contributed by atoms with van der Waals surface area (Å²) in [5.74, 6) is 0.380. The summed E-state index contributed by atoms with van der Waals surface area (Å²) >= 11 is 0. The average Bonchev–Trinajstić information content (AvgIpc) is 2.67. The molecule has 0 aliphatic carbocycles. The van der Waals surface area contributed by atoms with Gasteiger partial charge in [-0.1, -0.05) is 24.3 Å². The maximum absolute atomic E-state index is 12.2. The summed E-state index contributed by atoms with van der Waals surface area (Å²) in [6, 6.07) is 14.6. The number of carbonyl (C=O) groups is 2. The topological polar surface area (TPSA) is 84.7 Å². The number of nitrogens with two attached hydrogens (primary N) is 1. The van der Waals surface area contributed by atoms with Crippen molar-refractivity contribution in [3.8, 4) is 5.75 Å². The zero-order chi connectivity index (χ0) is 19.6. The lowest BCUT2D eigenvalue weighted by molar-refractivity contribution is -0.133. The number of amides is 2. The molecule has 0 heterocycles. The van der Waals surface area contributed by atoms with E-state index in [0.717, 1.165) is 5.56 Å². The number of aryl methyl sites for hydroxylation is 1. The Morgan fingerprint density at radius 2 is 1.81 bits per heavy atom. The summed E-state index contributed by atoms with van der Waals surface area (Å²) in [5.41, 5.74) is 8.18. The highest BCUT2D eigenvalue weighted by Gasteiger charge is 2.11. The minimum absolute atomic E-state index is 0.0215. The van der Waals surface area contributed by atoms with Crippen LogP contribution in [0.2, 0.25) is 0 Å². The Bertz CT molecular complexity index is 773. The first kappa shape index (κ1) is 20.3. The average molecular weight is 369 g/mol. The molecule has 0 bridgehead atoms. The summed E-state index contributed by atoms with van der Waals surface area (Å²) in [7, 11) is 0. The van der Waals surface area contributed by atoms with Crippen molar-refractivity contribution in [3.05, 3.63) is 54.1 Å². The number of anilines is 2. The van der Waals surface area contributed by atoms with Crippen LogP contribution >= 0.6 is 0 Å². The lowest BCUT2D eigenvalue weighted by Gasteiger charge is -2.18. The van der Waals surface area contributed by atoms with E-state index in [1.165, 1.54) is 0 Å². The number of para-hydroxylation sites is 1. The molecule has 3 N–H and O–H groups in total. The molecule has 2 aromatic carbocycles. The van der Waals surface area contributed by atoms with Gasteiger partial charge in [0.2, 0.25) is 5.91 Å². The summed E-state index contributed by atoms with van der Waals surface area (Å²) < 4.78 is 5.56. The molecule has 6 heteroatoms. The zero-order valence-electron chi connectivity index (χ0n) is 15.9. The fourth-order valence-corrected chi connectivity index (χ4v) is 2.71. The predicted octanol–water partition coefficient (Wildman–Crippen LogP) is 3.09. The molecule has 0 aliphatic heterocycles. The first-order chi connectivity index (χ1) is 13.0. The van der Waals surface area contributed by atoms with Gasteiger partial charge in [-0.25, -0.2) is 0 Å². The summed E-state index contributed by atoms with van der Waals surface area (Å²) in [4.78, 5) is 25.9. The van der Waals surface area contributed by atoms with Crippen molar-refractivity contribution in [2.45, 2.75) is 26.7 Å². The van der Waals surface area contributed by atoms with Crippen LogP contribution in [0.5, 0.6) is 5.75 Å². The first-order valence-electron chi connectivity index (χ1n) is 9.17. The second-order valence-electron chi connectivity index (χ2n) is 6.13. The highest BCUT2D eigenvalue weighted by Crippen LogP contribution is 2.18. The van der Waals surface area contributed by atoms with Crippen molar-refractivity contribution in [2.75, 3.05) is 30.7 Å². The zero-order valence-corrected chi connectivity index (χ0v) is 15.9. The van der Waals surface area contributed by atoms with Crippen LogP contribution in [-0.2, 0) is 16.0 Å². The molecule has 2 amide bonds. The number of carbonyl (C=O) groups excluding carboxylic acids is 2. The Kier molecular flexibility index (Phi) is 7.67. The van der Waals surface area contributed by atoms with Crippen molar-refractivity contribution in [3.63, 3.8) is 0 Å². The smallest absolute Gasteiger partial charge is 0.260 e. The SMILES string of the molecule is CCN(CC)C(=O)COc1cccc(NC(=O)CCc2ccccc2N)c1. The van der Waals surface area contributed by atoms with E-state index in [-0.39, 0.29) is 18.4 Å². The van der Waals surface area contributed by atoms with Gasteiger partial charge in [0.15, 0.2) is 6.61 Å². The quantitative estimate of drug-likeness (QED) is 0.665. The molecule has 0 saturated heterocycles. The summed E-state index contributed by atoms with van der Waals surface area (Å²) in [5, 5.41) is 2.85. The fraction of sp³-hybridized carbons (Fsp3) is 0.333. The number of hydrogen-bond donors (Lipinski definition) is 2. The van der Waals surface area contributed by atoms with Crippen molar-refractivity contribution < 1.29 is 14.3 Å². The van der Waals surface area contributed by atoms with Crippen LogP contribution in [0.3, 0.4) is 0 Å². The Morgan fingerprint density at radius 3 is 2.52 bits per heavy atom. The number of nitrogen functional groups attached to an aromatic ring is 1. The van der Waals surface area contributed by atoms with Gasteiger partial charge in [0.1, 0.15) is 5.75 Å². The van der Waals surface area contributed by atoms with E-state index in [9.17, 15) is 9.59 Å². The number of benzene rings is 2. The molecule has 2 rings (SSSR count). The van der Waals surface area contributed by atoms with Gasteiger partial charge in [0, 0.05) is 37.0 Å². The molecule has 6 nitrogen and oxygen atoms in total. The molecule has 0 spiro atoms. The van der Waals surface area contributed by atoms with Gasteiger partial charge in [0.05, 0.1) is 0 Å². The number of nitrogens with one attached hydrogen (secondary N) is 1. The van der Waals surface area contributed by atoms with Gasteiger partial charge in [-0.05, 0) is 44.0 Å². The van der Waals surface area contributed by atoms with Crippen molar-refractivity contribution in [2.24, 2.45) is 0 Å². The number of nitrogens with zero attached hydrogens (tertiary/aromatic N) is 1. The molecule has 0 fully saturated rings. The van der Waals surface area contributed by atoms with Crippen LogP contribution in [0.25, 0.3) is 0 Å². The van der Waals surface area contributed by atoms with Crippen LogP contribution < -0.4 is 15.8 Å². The Hall–Kier alpha value is -3.02. The van der Waals surface area contributed by atoms with Crippen LogP contribution in [-0.4, -0.2) is 36.4 Å². The molecule has 2 aromatic rings. The van der Waals surface area contributed by atoms with Crippen molar-refractivity contribution in [1.82, 2.24) is 4.90 Å². The highest BCUT2D eigenvalue weighted by atomic mass is 16.5. The maximum atomic E-state index is 12.2. The van der Waals surface area contributed by atoms with Crippen molar-refractivity contribution >= 4 is 23.2 Å². The van der Waals surface area contributed by atoms with Gasteiger partial charge < -0.3 is 20.7 Å². The molecular weight excluding hydrogens is 342 g/mol. The minimum atomic E-state index is -0.102. The highest BCUT2D eigenvalue weighted by molar-refractivity contribution is 5.91. The lowest BCUT2D eigenvalue weighted by Crippen LogP contribution is -2.34. The monoisotopic (exact) mass is 369 g/mol. The third-order valence-corrected chi connectivity index (χ3v) is 4.27. The fourth-order valence-electron chi connectivity index (χ4n) is 2.71. The minimum Gasteiger partial charge on any atom is -0.484 e. The van der Waals surface area contributed by atoms with E-state index >= 15 is 0 Å². The Balaban J connectivity index is 1.86. The molecule has 0 radical (unpaired) electrons. The number of likely N-dealkylation sites (N-methyl/N-ethyl adjacent to an activating group) is 1. The van der Waals surface area contributed by atoms with Crippen molar-refractivity contribution in [1.29, 1.82) is 0 Å². The largest absolute Gasteiger partial charge is 0.484 e. The molecule has 0 saturated carbocycles.